The first-order valence-electron chi connectivity index (χ1n) is 6.79. The Hall–Kier alpha value is -0.940. The van der Waals surface area contributed by atoms with Crippen LogP contribution in [0.3, 0.4) is 0 Å². The van der Waals surface area contributed by atoms with E-state index in [0.29, 0.717) is 13.0 Å². The molecule has 2 N–H and O–H groups in total. The number of nitrogens with one attached hydrogen (secondary N) is 1. The van der Waals surface area contributed by atoms with E-state index in [1.807, 2.05) is 6.07 Å². The molecule has 5 heteroatoms. The van der Waals surface area contributed by atoms with Gasteiger partial charge in [-0.3, -0.25) is 4.79 Å². The maximum atomic E-state index is 13.2. The predicted octanol–water partition coefficient (Wildman–Crippen LogP) is 3.96. The van der Waals surface area contributed by atoms with Gasteiger partial charge in [0.1, 0.15) is 5.82 Å². The second kappa shape index (κ2) is 8.37. The number of carbonyl (C=O) groups is 1. The molecule has 0 saturated heterocycles. The van der Waals surface area contributed by atoms with Crippen LogP contribution in [-0.2, 0) is 11.3 Å². The van der Waals surface area contributed by atoms with Gasteiger partial charge in [0.15, 0.2) is 0 Å². The molecule has 2 atom stereocenters. The van der Waals surface area contributed by atoms with Crippen LogP contribution in [0.2, 0.25) is 0 Å². The summed E-state index contributed by atoms with van der Waals surface area (Å²) in [6.45, 7) is 4.39. The van der Waals surface area contributed by atoms with Crippen LogP contribution in [0.4, 0.5) is 4.39 Å². The molecule has 0 aliphatic heterocycles. The quantitative estimate of drug-likeness (QED) is 0.749. The van der Waals surface area contributed by atoms with Gasteiger partial charge in [-0.2, -0.15) is 0 Å². The summed E-state index contributed by atoms with van der Waals surface area (Å²) in [7, 11) is 0. The van der Waals surface area contributed by atoms with Crippen LogP contribution in [0.15, 0.2) is 22.7 Å². The van der Waals surface area contributed by atoms with Gasteiger partial charge in [-0.25, -0.2) is 4.39 Å². The number of halogens is 2. The summed E-state index contributed by atoms with van der Waals surface area (Å²) in [4.78, 5) is 10.7. The van der Waals surface area contributed by atoms with Crippen molar-refractivity contribution in [2.75, 3.05) is 0 Å². The SMILES string of the molecule is CC(CCCC(C)C(=O)O)NCc1cc(F)cc(Br)c1. The van der Waals surface area contributed by atoms with E-state index in [4.69, 9.17) is 5.11 Å². The minimum absolute atomic E-state index is 0.251. The van der Waals surface area contributed by atoms with Crippen LogP contribution in [0.5, 0.6) is 0 Å². The van der Waals surface area contributed by atoms with Gasteiger partial charge in [0.25, 0.3) is 0 Å². The molecule has 0 spiro atoms. The van der Waals surface area contributed by atoms with Crippen molar-refractivity contribution in [2.45, 2.75) is 45.7 Å². The normalized spacial score (nSPS) is 14.0. The molecule has 112 valence electrons. The standard InChI is InChI=1S/C15H21BrFNO2/c1-10(15(19)20)4-3-5-11(2)18-9-12-6-13(16)8-14(17)7-12/h6-8,10-11,18H,3-5,9H2,1-2H3,(H,19,20). The van der Waals surface area contributed by atoms with Crippen molar-refractivity contribution in [3.63, 3.8) is 0 Å². The van der Waals surface area contributed by atoms with Gasteiger partial charge in [0, 0.05) is 17.1 Å². The Kier molecular flexibility index (Phi) is 7.16. The van der Waals surface area contributed by atoms with E-state index in [0.717, 1.165) is 22.9 Å². The van der Waals surface area contributed by atoms with Gasteiger partial charge >= 0.3 is 5.97 Å². The number of carboxylic acids is 1. The summed E-state index contributed by atoms with van der Waals surface area (Å²) in [5, 5.41) is 12.1. The zero-order chi connectivity index (χ0) is 15.1. The minimum atomic E-state index is -0.741. The lowest BCUT2D eigenvalue weighted by molar-refractivity contribution is -0.141. The fraction of sp³-hybridized carbons (Fsp3) is 0.533. The summed E-state index contributed by atoms with van der Waals surface area (Å²) in [5.41, 5.74) is 0.891. The van der Waals surface area contributed by atoms with Gasteiger partial charge in [-0.05, 0) is 43.5 Å². The number of benzene rings is 1. The Bertz CT molecular complexity index is 433. The van der Waals surface area contributed by atoms with Crippen LogP contribution in [0, 0.1) is 11.7 Å². The molecule has 0 aromatic heterocycles. The molecule has 1 aromatic carbocycles. The molecule has 0 saturated carbocycles. The minimum Gasteiger partial charge on any atom is -0.481 e. The summed E-state index contributed by atoms with van der Waals surface area (Å²) in [6.07, 6.45) is 2.47. The second-order valence-electron chi connectivity index (χ2n) is 5.23. The van der Waals surface area contributed by atoms with E-state index in [9.17, 15) is 9.18 Å². The maximum absolute atomic E-state index is 13.2. The summed E-state index contributed by atoms with van der Waals surface area (Å²) in [5.74, 6) is -1.28. The maximum Gasteiger partial charge on any atom is 0.306 e. The molecule has 1 rings (SSSR count). The van der Waals surface area contributed by atoms with E-state index in [1.165, 1.54) is 12.1 Å². The lowest BCUT2D eigenvalue weighted by Crippen LogP contribution is -2.25. The van der Waals surface area contributed by atoms with Crippen LogP contribution >= 0.6 is 15.9 Å². The van der Waals surface area contributed by atoms with Gasteiger partial charge in [0.2, 0.25) is 0 Å². The van der Waals surface area contributed by atoms with E-state index in [1.54, 1.807) is 6.92 Å². The van der Waals surface area contributed by atoms with Crippen molar-refractivity contribution in [1.29, 1.82) is 0 Å². The first kappa shape index (κ1) is 17.1. The van der Waals surface area contributed by atoms with Gasteiger partial charge < -0.3 is 10.4 Å². The zero-order valence-electron chi connectivity index (χ0n) is 11.8. The van der Waals surface area contributed by atoms with E-state index in [-0.39, 0.29) is 17.8 Å². The van der Waals surface area contributed by atoms with Crippen molar-refractivity contribution in [3.05, 3.63) is 34.1 Å². The molecule has 0 aliphatic rings. The topological polar surface area (TPSA) is 49.3 Å². The van der Waals surface area contributed by atoms with Crippen molar-refractivity contribution >= 4 is 21.9 Å². The molecule has 3 nitrogen and oxygen atoms in total. The zero-order valence-corrected chi connectivity index (χ0v) is 13.4. The molecule has 0 heterocycles. The van der Waals surface area contributed by atoms with Crippen LogP contribution in [0.1, 0.15) is 38.7 Å². The lowest BCUT2D eigenvalue weighted by Gasteiger charge is -2.15. The highest BCUT2D eigenvalue weighted by atomic mass is 79.9. The second-order valence-corrected chi connectivity index (χ2v) is 6.15. The Labute approximate surface area is 127 Å². The third-order valence-electron chi connectivity index (χ3n) is 3.27. The highest BCUT2D eigenvalue weighted by Crippen LogP contribution is 2.15. The van der Waals surface area contributed by atoms with Crippen molar-refractivity contribution in [1.82, 2.24) is 5.32 Å². The predicted molar refractivity (Wildman–Crippen MR) is 81.1 cm³/mol. The van der Waals surface area contributed by atoms with Crippen molar-refractivity contribution < 1.29 is 14.3 Å². The smallest absolute Gasteiger partial charge is 0.306 e. The van der Waals surface area contributed by atoms with Gasteiger partial charge in [0.05, 0.1) is 5.92 Å². The molecule has 0 amide bonds. The van der Waals surface area contributed by atoms with E-state index >= 15 is 0 Å². The van der Waals surface area contributed by atoms with Gasteiger partial charge in [-0.1, -0.05) is 29.3 Å². The van der Waals surface area contributed by atoms with E-state index < -0.39 is 5.97 Å². The Morgan fingerprint density at radius 1 is 1.35 bits per heavy atom. The Balaban J connectivity index is 2.29. The number of aliphatic carboxylic acids is 1. The number of hydrogen-bond donors (Lipinski definition) is 2. The fourth-order valence-electron chi connectivity index (χ4n) is 1.96. The molecule has 0 radical (unpaired) electrons. The van der Waals surface area contributed by atoms with Crippen LogP contribution < -0.4 is 5.32 Å². The first-order valence-corrected chi connectivity index (χ1v) is 7.59. The third kappa shape index (κ3) is 6.48. The molecular weight excluding hydrogens is 325 g/mol. The molecular formula is C15H21BrFNO2. The van der Waals surface area contributed by atoms with Gasteiger partial charge in [-0.15, -0.1) is 0 Å². The Morgan fingerprint density at radius 2 is 2.05 bits per heavy atom. The summed E-state index contributed by atoms with van der Waals surface area (Å²) in [6, 6.07) is 5.10. The number of rotatable bonds is 8. The Morgan fingerprint density at radius 3 is 2.65 bits per heavy atom. The highest BCUT2D eigenvalue weighted by Gasteiger charge is 2.11. The van der Waals surface area contributed by atoms with Crippen LogP contribution in [0.25, 0.3) is 0 Å². The molecule has 20 heavy (non-hydrogen) atoms. The largest absolute Gasteiger partial charge is 0.481 e. The fourth-order valence-corrected chi connectivity index (χ4v) is 2.47. The molecule has 0 bridgehead atoms. The highest BCUT2D eigenvalue weighted by molar-refractivity contribution is 9.10. The average molecular weight is 346 g/mol. The molecule has 1 aromatic rings. The average Bonchev–Trinajstić information content (AvgIpc) is 2.35. The van der Waals surface area contributed by atoms with Crippen LogP contribution in [-0.4, -0.2) is 17.1 Å². The lowest BCUT2D eigenvalue weighted by atomic mass is 10.0. The number of hydrogen-bond acceptors (Lipinski definition) is 2. The summed E-state index contributed by atoms with van der Waals surface area (Å²) < 4.78 is 13.9. The molecule has 0 fully saturated rings. The molecule has 2 unspecified atom stereocenters. The van der Waals surface area contributed by atoms with E-state index in [2.05, 4.69) is 28.2 Å². The number of carboxylic acid groups (broad SMARTS) is 1. The monoisotopic (exact) mass is 345 g/mol. The summed E-state index contributed by atoms with van der Waals surface area (Å²) >= 11 is 3.27. The third-order valence-corrected chi connectivity index (χ3v) is 3.73. The first-order chi connectivity index (χ1) is 9.38. The van der Waals surface area contributed by atoms with Crippen molar-refractivity contribution in [3.8, 4) is 0 Å². The van der Waals surface area contributed by atoms with Crippen molar-refractivity contribution in [2.24, 2.45) is 5.92 Å². The molecule has 0 aliphatic carbocycles.